The third-order valence-electron chi connectivity index (χ3n) is 4.57. The monoisotopic (exact) mass is 449 g/mol. The van der Waals surface area contributed by atoms with Gasteiger partial charge >= 0.3 is 0 Å². The van der Waals surface area contributed by atoms with Crippen molar-refractivity contribution >= 4 is 39.9 Å². The fourth-order valence-corrected chi connectivity index (χ4v) is 4.31. The predicted molar refractivity (Wildman–Crippen MR) is 117 cm³/mol. The number of fused-ring (bicyclic) bond motifs is 1. The quantitative estimate of drug-likeness (QED) is 0.474. The van der Waals surface area contributed by atoms with Crippen LogP contribution in [0.5, 0.6) is 0 Å². The van der Waals surface area contributed by atoms with E-state index in [2.05, 4.69) is 101 Å². The van der Waals surface area contributed by atoms with E-state index in [0.717, 1.165) is 12.8 Å². The number of hydrogen-bond acceptors (Lipinski definition) is 3. The molecule has 25 heavy (non-hydrogen) atoms. The Labute approximate surface area is 165 Å². The van der Waals surface area contributed by atoms with E-state index in [9.17, 15) is 0 Å². The van der Waals surface area contributed by atoms with E-state index in [1.165, 1.54) is 28.2 Å². The van der Waals surface area contributed by atoms with Crippen LogP contribution in [0.1, 0.15) is 38.8 Å². The number of nitrogens with zero attached hydrogens (tertiary/aromatic N) is 2. The number of rotatable bonds is 5. The van der Waals surface area contributed by atoms with Crippen LogP contribution in [-0.2, 0) is 12.8 Å². The number of nitrogens with two attached hydrogens (primary N) is 1. The predicted octanol–water partition coefficient (Wildman–Crippen LogP) is 5.63. The number of halogens is 1. The Kier molecular flexibility index (Phi) is 5.58. The van der Waals surface area contributed by atoms with Crippen molar-refractivity contribution in [3.05, 3.63) is 53.6 Å². The molecule has 0 aromatic heterocycles. The van der Waals surface area contributed by atoms with Crippen molar-refractivity contribution < 1.29 is 0 Å². The van der Waals surface area contributed by atoms with Crippen molar-refractivity contribution in [1.29, 1.82) is 0 Å². The second-order valence-corrected chi connectivity index (χ2v) is 8.74. The third kappa shape index (κ3) is 3.65. The van der Waals surface area contributed by atoms with Crippen LogP contribution in [-0.4, -0.2) is 6.29 Å². The zero-order valence-corrected chi connectivity index (χ0v) is 17.7. The topological polar surface area (TPSA) is 32.5 Å². The number of para-hydroxylation sites is 3. The first kappa shape index (κ1) is 18.5. The Morgan fingerprint density at radius 3 is 1.92 bits per heavy atom. The fourth-order valence-electron chi connectivity index (χ4n) is 3.65. The lowest BCUT2D eigenvalue weighted by molar-refractivity contribution is 0.631. The highest BCUT2D eigenvalue weighted by Gasteiger charge is 2.35. The van der Waals surface area contributed by atoms with Crippen LogP contribution in [0.4, 0.5) is 17.1 Å². The minimum absolute atomic E-state index is 0.183. The van der Waals surface area contributed by atoms with Crippen LogP contribution >= 0.6 is 22.9 Å². The molecule has 0 spiro atoms. The van der Waals surface area contributed by atoms with Gasteiger partial charge in [0.15, 0.2) is 6.29 Å². The summed E-state index contributed by atoms with van der Waals surface area (Å²) in [5, 5.41) is 0. The summed E-state index contributed by atoms with van der Waals surface area (Å²) in [6.45, 7) is 9.12. The van der Waals surface area contributed by atoms with Crippen LogP contribution in [0.3, 0.4) is 0 Å². The molecule has 0 saturated heterocycles. The van der Waals surface area contributed by atoms with E-state index in [0.29, 0.717) is 11.8 Å². The summed E-state index contributed by atoms with van der Waals surface area (Å²) in [7, 11) is 0. The molecule has 4 heteroatoms. The molecule has 0 radical (unpaired) electrons. The molecule has 2 aromatic rings. The first-order valence-electron chi connectivity index (χ1n) is 9.09. The first-order valence-corrected chi connectivity index (χ1v) is 10.1. The Hall–Kier alpha value is -1.27. The molecular formula is C21H28IN3. The highest BCUT2D eigenvalue weighted by molar-refractivity contribution is 14.1. The van der Waals surface area contributed by atoms with Crippen molar-refractivity contribution in [2.24, 2.45) is 17.6 Å². The van der Waals surface area contributed by atoms with Gasteiger partial charge in [-0.05, 0) is 47.9 Å². The summed E-state index contributed by atoms with van der Waals surface area (Å²) < 4.78 is 2.14. The van der Waals surface area contributed by atoms with E-state index >= 15 is 0 Å². The largest absolute Gasteiger partial charge is 0.305 e. The molecule has 0 aliphatic carbocycles. The molecule has 2 aromatic carbocycles. The summed E-state index contributed by atoms with van der Waals surface area (Å²) in [6, 6.07) is 15.2. The molecule has 0 saturated carbocycles. The number of benzene rings is 2. The number of anilines is 3. The second-order valence-electron chi connectivity index (χ2n) is 7.70. The summed E-state index contributed by atoms with van der Waals surface area (Å²) in [5.74, 6) is 1.22. The average molecular weight is 449 g/mol. The van der Waals surface area contributed by atoms with Crippen LogP contribution in [0.2, 0.25) is 0 Å². The van der Waals surface area contributed by atoms with Crippen molar-refractivity contribution in [1.82, 2.24) is 0 Å². The Morgan fingerprint density at radius 2 is 1.40 bits per heavy atom. The lowest BCUT2D eigenvalue weighted by Gasteiger charge is -2.31. The van der Waals surface area contributed by atoms with Crippen molar-refractivity contribution in [2.45, 2.75) is 46.8 Å². The van der Waals surface area contributed by atoms with Gasteiger partial charge in [0, 0.05) is 0 Å². The van der Waals surface area contributed by atoms with Gasteiger partial charge in [-0.2, -0.15) is 0 Å². The van der Waals surface area contributed by atoms with E-state index in [1.54, 1.807) is 0 Å². The fraction of sp³-hybridized carbons (Fsp3) is 0.429. The van der Waals surface area contributed by atoms with Crippen molar-refractivity contribution in [3.63, 3.8) is 0 Å². The summed E-state index contributed by atoms with van der Waals surface area (Å²) in [6.07, 6.45) is 1.94. The van der Waals surface area contributed by atoms with Gasteiger partial charge in [0.05, 0.1) is 39.9 Å². The minimum atomic E-state index is -0.183. The third-order valence-corrected chi connectivity index (χ3v) is 5.66. The highest BCUT2D eigenvalue weighted by Crippen LogP contribution is 2.46. The van der Waals surface area contributed by atoms with Crippen molar-refractivity contribution in [2.75, 3.05) is 8.01 Å². The zero-order valence-electron chi connectivity index (χ0n) is 15.5. The van der Waals surface area contributed by atoms with Crippen molar-refractivity contribution in [3.8, 4) is 0 Å². The van der Waals surface area contributed by atoms with E-state index in [1.807, 2.05) is 0 Å². The lowest BCUT2D eigenvalue weighted by Crippen LogP contribution is -2.44. The van der Waals surface area contributed by atoms with Crippen LogP contribution < -0.4 is 13.7 Å². The second kappa shape index (κ2) is 7.54. The molecule has 0 fully saturated rings. The first-order chi connectivity index (χ1) is 11.9. The van der Waals surface area contributed by atoms with E-state index < -0.39 is 0 Å². The highest BCUT2D eigenvalue weighted by atomic mass is 127. The van der Waals surface area contributed by atoms with Gasteiger partial charge in [0.25, 0.3) is 0 Å². The molecule has 1 aliphatic heterocycles. The molecule has 1 atom stereocenters. The summed E-state index contributed by atoms with van der Waals surface area (Å²) >= 11 is 2.33. The molecule has 0 bridgehead atoms. The van der Waals surface area contributed by atoms with Gasteiger partial charge in [0.2, 0.25) is 0 Å². The van der Waals surface area contributed by atoms with Gasteiger partial charge in [0.1, 0.15) is 0 Å². The maximum absolute atomic E-state index is 6.65. The average Bonchev–Trinajstić information content (AvgIpc) is 2.79. The molecule has 1 unspecified atom stereocenters. The molecule has 0 amide bonds. The summed E-state index contributed by atoms with van der Waals surface area (Å²) in [5.41, 5.74) is 13.1. The molecule has 2 N–H and O–H groups in total. The van der Waals surface area contributed by atoms with Gasteiger partial charge in [-0.25, -0.2) is 0 Å². The molecular weight excluding hydrogens is 421 g/mol. The minimum Gasteiger partial charge on any atom is -0.305 e. The Morgan fingerprint density at radius 1 is 0.880 bits per heavy atom. The van der Waals surface area contributed by atoms with E-state index in [-0.39, 0.29) is 6.29 Å². The Bertz CT molecular complexity index is 713. The van der Waals surface area contributed by atoms with Crippen LogP contribution in [0.15, 0.2) is 42.5 Å². The smallest absolute Gasteiger partial charge is 0.168 e. The SMILES string of the molecule is CC(C)Cc1cccc(CC(C)C)c1N1c2ccccc2N(I)C1N. The van der Waals surface area contributed by atoms with Crippen LogP contribution in [0.25, 0.3) is 0 Å². The van der Waals surface area contributed by atoms with Gasteiger partial charge in [-0.3, -0.25) is 8.85 Å². The van der Waals surface area contributed by atoms with Crippen LogP contribution in [0, 0.1) is 11.8 Å². The van der Waals surface area contributed by atoms with Gasteiger partial charge in [-0.15, -0.1) is 0 Å². The zero-order chi connectivity index (χ0) is 18.1. The standard InChI is InChI=1S/C21H28IN3/c1-14(2)12-16-8-7-9-17(13-15(3)4)20(16)24-18-10-5-6-11-19(18)25(22)21(24)23/h5-11,14-15,21H,12-13,23H2,1-4H3. The maximum atomic E-state index is 6.65. The van der Waals surface area contributed by atoms with Gasteiger partial charge < -0.3 is 4.90 Å². The lowest BCUT2D eigenvalue weighted by atomic mass is 9.93. The molecule has 1 heterocycles. The molecule has 134 valence electrons. The van der Waals surface area contributed by atoms with Gasteiger partial charge in [-0.1, -0.05) is 58.0 Å². The molecule has 1 aliphatic rings. The molecule has 3 rings (SSSR count). The Balaban J connectivity index is 2.17. The molecule has 3 nitrogen and oxygen atoms in total. The maximum Gasteiger partial charge on any atom is 0.168 e. The summed E-state index contributed by atoms with van der Waals surface area (Å²) in [4.78, 5) is 2.33. The normalized spacial score (nSPS) is 16.9. The van der Waals surface area contributed by atoms with E-state index in [4.69, 9.17) is 5.73 Å². The number of hydrogen-bond donors (Lipinski definition) is 1.